The first-order chi connectivity index (χ1) is 9.78. The van der Waals surface area contributed by atoms with Gasteiger partial charge in [0.05, 0.1) is 17.1 Å². The van der Waals surface area contributed by atoms with Gasteiger partial charge in [-0.25, -0.2) is 9.07 Å². The van der Waals surface area contributed by atoms with E-state index in [1.54, 1.807) is 29.2 Å². The maximum atomic E-state index is 13.0. The van der Waals surface area contributed by atoms with Crippen LogP contribution in [-0.4, -0.2) is 14.8 Å². The first kappa shape index (κ1) is 12.5. The topological polar surface area (TPSA) is 56.7 Å². The van der Waals surface area contributed by atoms with Crippen LogP contribution in [0.1, 0.15) is 5.69 Å². The average molecular weight is 268 g/mol. The quantitative estimate of drug-likeness (QED) is 0.794. The van der Waals surface area contributed by atoms with Crippen molar-refractivity contribution in [2.45, 2.75) is 6.54 Å². The molecule has 0 spiro atoms. The second-order valence-corrected chi connectivity index (χ2v) is 4.35. The van der Waals surface area contributed by atoms with Crippen LogP contribution in [-0.2, 0) is 6.54 Å². The monoisotopic (exact) mass is 268 g/mol. The summed E-state index contributed by atoms with van der Waals surface area (Å²) in [5.41, 5.74) is 9.03. The van der Waals surface area contributed by atoms with E-state index in [0.29, 0.717) is 6.54 Å². The van der Waals surface area contributed by atoms with E-state index in [-0.39, 0.29) is 5.82 Å². The SMILES string of the molecule is NCc1cc(-c2cccnc2)n(-c2ccc(F)cc2)n1. The minimum atomic E-state index is -0.275. The average Bonchev–Trinajstić information content (AvgIpc) is 2.93. The zero-order valence-electron chi connectivity index (χ0n) is 10.7. The molecule has 20 heavy (non-hydrogen) atoms. The van der Waals surface area contributed by atoms with Gasteiger partial charge in [0.15, 0.2) is 0 Å². The van der Waals surface area contributed by atoms with Gasteiger partial charge < -0.3 is 5.73 Å². The van der Waals surface area contributed by atoms with Crippen molar-refractivity contribution in [1.29, 1.82) is 0 Å². The summed E-state index contributed by atoms with van der Waals surface area (Å²) in [6.07, 6.45) is 3.48. The summed E-state index contributed by atoms with van der Waals surface area (Å²) in [5, 5.41) is 4.45. The standard InChI is InChI=1S/C15H13FN4/c16-12-3-5-14(6-4-12)20-15(8-13(9-17)19-20)11-2-1-7-18-10-11/h1-8,10H,9,17H2. The molecule has 4 nitrogen and oxygen atoms in total. The van der Waals surface area contributed by atoms with Gasteiger partial charge in [-0.1, -0.05) is 0 Å². The van der Waals surface area contributed by atoms with Crippen molar-refractivity contribution in [2.75, 3.05) is 0 Å². The Labute approximate surface area is 115 Å². The van der Waals surface area contributed by atoms with Crippen LogP contribution in [0.2, 0.25) is 0 Å². The number of rotatable bonds is 3. The summed E-state index contributed by atoms with van der Waals surface area (Å²) in [5.74, 6) is -0.275. The van der Waals surface area contributed by atoms with E-state index in [2.05, 4.69) is 10.1 Å². The highest BCUT2D eigenvalue weighted by molar-refractivity contribution is 5.61. The third kappa shape index (κ3) is 2.31. The number of nitrogens with two attached hydrogens (primary N) is 1. The molecule has 100 valence electrons. The summed E-state index contributed by atoms with van der Waals surface area (Å²) >= 11 is 0. The largest absolute Gasteiger partial charge is 0.325 e. The molecular weight excluding hydrogens is 255 g/mol. The Balaban J connectivity index is 2.15. The molecule has 0 aliphatic carbocycles. The van der Waals surface area contributed by atoms with Gasteiger partial charge in [0, 0.05) is 24.5 Å². The molecule has 0 aliphatic heterocycles. The normalized spacial score (nSPS) is 10.7. The number of benzene rings is 1. The van der Waals surface area contributed by atoms with Crippen LogP contribution < -0.4 is 5.73 Å². The van der Waals surface area contributed by atoms with Gasteiger partial charge in [-0.2, -0.15) is 5.10 Å². The number of pyridine rings is 1. The van der Waals surface area contributed by atoms with Gasteiger partial charge in [0.1, 0.15) is 5.82 Å². The molecule has 2 heterocycles. The number of nitrogens with zero attached hydrogens (tertiary/aromatic N) is 3. The molecule has 0 aliphatic rings. The molecule has 3 rings (SSSR count). The highest BCUT2D eigenvalue weighted by Crippen LogP contribution is 2.23. The van der Waals surface area contributed by atoms with Gasteiger partial charge in [-0.15, -0.1) is 0 Å². The van der Waals surface area contributed by atoms with Crippen molar-refractivity contribution in [1.82, 2.24) is 14.8 Å². The summed E-state index contributed by atoms with van der Waals surface area (Å²) in [7, 11) is 0. The third-order valence-corrected chi connectivity index (χ3v) is 3.00. The van der Waals surface area contributed by atoms with Crippen molar-refractivity contribution in [2.24, 2.45) is 5.73 Å². The number of aromatic nitrogens is 3. The van der Waals surface area contributed by atoms with Crippen molar-refractivity contribution < 1.29 is 4.39 Å². The second-order valence-electron chi connectivity index (χ2n) is 4.35. The summed E-state index contributed by atoms with van der Waals surface area (Å²) in [6, 6.07) is 11.9. The molecule has 2 aromatic heterocycles. The van der Waals surface area contributed by atoms with E-state index in [1.165, 1.54) is 12.1 Å². The molecule has 1 aromatic carbocycles. The molecule has 5 heteroatoms. The second kappa shape index (κ2) is 5.22. The summed E-state index contributed by atoms with van der Waals surface area (Å²) in [4.78, 5) is 4.11. The highest BCUT2D eigenvalue weighted by atomic mass is 19.1. The lowest BCUT2D eigenvalue weighted by Crippen LogP contribution is -2.02. The van der Waals surface area contributed by atoms with E-state index in [1.807, 2.05) is 18.2 Å². The predicted octanol–water partition coefficient (Wildman–Crippen LogP) is 2.53. The van der Waals surface area contributed by atoms with Crippen LogP contribution in [0.3, 0.4) is 0 Å². The van der Waals surface area contributed by atoms with Crippen LogP contribution in [0.15, 0.2) is 54.9 Å². The molecule has 0 radical (unpaired) electrons. The van der Waals surface area contributed by atoms with Gasteiger partial charge >= 0.3 is 0 Å². The Morgan fingerprint density at radius 1 is 1.15 bits per heavy atom. The molecular formula is C15H13FN4. The van der Waals surface area contributed by atoms with Crippen LogP contribution in [0.25, 0.3) is 16.9 Å². The fourth-order valence-corrected chi connectivity index (χ4v) is 2.03. The van der Waals surface area contributed by atoms with E-state index in [9.17, 15) is 4.39 Å². The highest BCUT2D eigenvalue weighted by Gasteiger charge is 2.11. The van der Waals surface area contributed by atoms with E-state index < -0.39 is 0 Å². The molecule has 0 saturated carbocycles. The first-order valence-corrected chi connectivity index (χ1v) is 6.23. The number of hydrogen-bond donors (Lipinski definition) is 1. The predicted molar refractivity (Wildman–Crippen MR) is 74.6 cm³/mol. The fraction of sp³-hybridized carbons (Fsp3) is 0.0667. The molecule has 2 N–H and O–H groups in total. The van der Waals surface area contributed by atoms with Crippen LogP contribution >= 0.6 is 0 Å². The van der Waals surface area contributed by atoms with Crippen molar-refractivity contribution in [3.63, 3.8) is 0 Å². The van der Waals surface area contributed by atoms with Gasteiger partial charge in [0.25, 0.3) is 0 Å². The van der Waals surface area contributed by atoms with E-state index >= 15 is 0 Å². The van der Waals surface area contributed by atoms with Crippen molar-refractivity contribution in [3.8, 4) is 16.9 Å². The van der Waals surface area contributed by atoms with Crippen LogP contribution in [0.4, 0.5) is 4.39 Å². The van der Waals surface area contributed by atoms with Crippen molar-refractivity contribution >= 4 is 0 Å². The number of hydrogen-bond acceptors (Lipinski definition) is 3. The molecule has 3 aromatic rings. The van der Waals surface area contributed by atoms with E-state index in [4.69, 9.17) is 5.73 Å². The lowest BCUT2D eigenvalue weighted by Gasteiger charge is -2.07. The minimum absolute atomic E-state index is 0.275. The Morgan fingerprint density at radius 3 is 2.60 bits per heavy atom. The Bertz CT molecular complexity index is 704. The van der Waals surface area contributed by atoms with Crippen LogP contribution in [0, 0.1) is 5.82 Å². The molecule has 0 atom stereocenters. The Morgan fingerprint density at radius 2 is 1.95 bits per heavy atom. The number of halogens is 1. The zero-order valence-corrected chi connectivity index (χ0v) is 10.7. The van der Waals surface area contributed by atoms with Crippen LogP contribution in [0.5, 0.6) is 0 Å². The Kier molecular flexibility index (Phi) is 3.26. The molecule has 0 bridgehead atoms. The molecule has 0 unspecified atom stereocenters. The molecule has 0 amide bonds. The maximum absolute atomic E-state index is 13.0. The summed E-state index contributed by atoms with van der Waals surface area (Å²) < 4.78 is 14.8. The third-order valence-electron chi connectivity index (χ3n) is 3.00. The Hall–Kier alpha value is -2.53. The first-order valence-electron chi connectivity index (χ1n) is 6.23. The summed E-state index contributed by atoms with van der Waals surface area (Å²) in [6.45, 7) is 0.349. The van der Waals surface area contributed by atoms with Gasteiger partial charge in [-0.05, 0) is 42.5 Å². The lowest BCUT2D eigenvalue weighted by atomic mass is 10.2. The van der Waals surface area contributed by atoms with Crippen molar-refractivity contribution in [3.05, 3.63) is 66.4 Å². The van der Waals surface area contributed by atoms with E-state index in [0.717, 1.165) is 22.6 Å². The fourth-order valence-electron chi connectivity index (χ4n) is 2.03. The smallest absolute Gasteiger partial charge is 0.123 e. The molecule has 0 fully saturated rings. The lowest BCUT2D eigenvalue weighted by molar-refractivity contribution is 0.627. The van der Waals surface area contributed by atoms with Gasteiger partial charge in [-0.3, -0.25) is 4.98 Å². The maximum Gasteiger partial charge on any atom is 0.123 e. The zero-order chi connectivity index (χ0) is 13.9. The molecule has 0 saturated heterocycles. The van der Waals surface area contributed by atoms with Gasteiger partial charge in [0.2, 0.25) is 0 Å². The minimum Gasteiger partial charge on any atom is -0.325 e.